The van der Waals surface area contributed by atoms with E-state index >= 15 is 0 Å². The lowest BCUT2D eigenvalue weighted by Gasteiger charge is -2.16. The molecule has 0 aliphatic rings. The van der Waals surface area contributed by atoms with Gasteiger partial charge < -0.3 is 0 Å². The van der Waals surface area contributed by atoms with Crippen molar-refractivity contribution in [1.82, 2.24) is 4.31 Å². The van der Waals surface area contributed by atoms with E-state index in [1.807, 2.05) is 0 Å². The van der Waals surface area contributed by atoms with E-state index in [9.17, 15) is 8.78 Å². The highest BCUT2D eigenvalue weighted by atomic mass is 32.2. The van der Waals surface area contributed by atoms with Gasteiger partial charge in [0.15, 0.2) is 0 Å². The second-order valence-corrected chi connectivity index (χ2v) is 2.80. The number of nitrogens with two attached hydrogens (primary N) is 1. The molecule has 5 heteroatoms. The summed E-state index contributed by atoms with van der Waals surface area (Å²) in [5.41, 5.74) is 0. The molecular formula is C4H10F2N2S. The van der Waals surface area contributed by atoms with Crippen LogP contribution in [0.1, 0.15) is 6.92 Å². The third-order valence-corrected chi connectivity index (χ3v) is 1.17. The Kier molecular flexibility index (Phi) is 3.38. The summed E-state index contributed by atoms with van der Waals surface area (Å²) < 4.78 is 25.4. The van der Waals surface area contributed by atoms with Crippen LogP contribution in [0.15, 0.2) is 0 Å². The van der Waals surface area contributed by atoms with Crippen LogP contribution >= 0.6 is 12.1 Å². The summed E-state index contributed by atoms with van der Waals surface area (Å²) >= 11 is 0.805. The van der Waals surface area contributed by atoms with Crippen LogP contribution in [0, 0.1) is 0 Å². The number of halogens is 2. The van der Waals surface area contributed by atoms with Gasteiger partial charge in [0.1, 0.15) is 0 Å². The van der Waals surface area contributed by atoms with Gasteiger partial charge in [0.25, 0.3) is 5.92 Å². The average molecular weight is 156 g/mol. The molecule has 0 atom stereocenters. The molecule has 0 heterocycles. The van der Waals surface area contributed by atoms with Crippen LogP contribution in [0.3, 0.4) is 0 Å². The molecule has 2 N–H and O–H groups in total. The first-order chi connectivity index (χ1) is 3.95. The predicted octanol–water partition coefficient (Wildman–Crippen LogP) is 1.10. The Morgan fingerprint density at radius 3 is 2.22 bits per heavy atom. The van der Waals surface area contributed by atoms with E-state index in [0.717, 1.165) is 19.1 Å². The minimum Gasteiger partial charge on any atom is -0.264 e. The van der Waals surface area contributed by atoms with Crippen molar-refractivity contribution in [2.75, 3.05) is 13.6 Å². The highest BCUT2D eigenvalue weighted by Crippen LogP contribution is 2.14. The topological polar surface area (TPSA) is 29.3 Å². The molecule has 0 spiro atoms. The number of alkyl halides is 2. The average Bonchev–Trinajstić information content (AvgIpc) is 1.62. The summed E-state index contributed by atoms with van der Waals surface area (Å²) in [5, 5.41) is 4.99. The molecule has 0 fully saturated rings. The molecule has 0 unspecified atom stereocenters. The second kappa shape index (κ2) is 3.34. The molecule has 0 aromatic rings. The van der Waals surface area contributed by atoms with Crippen LogP contribution in [0.4, 0.5) is 8.78 Å². The summed E-state index contributed by atoms with van der Waals surface area (Å²) in [5.74, 6) is -2.65. The Morgan fingerprint density at radius 2 is 2.11 bits per heavy atom. The van der Waals surface area contributed by atoms with Crippen LogP contribution in [-0.4, -0.2) is 23.8 Å². The maximum atomic E-state index is 12.0. The predicted molar refractivity (Wildman–Crippen MR) is 35.0 cm³/mol. The molecule has 0 aliphatic heterocycles. The van der Waals surface area contributed by atoms with Gasteiger partial charge in [-0.1, -0.05) is 0 Å². The van der Waals surface area contributed by atoms with Gasteiger partial charge in [-0.05, 0) is 7.05 Å². The number of hydrogen-bond donors (Lipinski definition) is 1. The largest absolute Gasteiger partial charge is 0.264 e. The standard InChI is InChI=1S/C4H10F2N2S/c1-4(5,6)3-8(2)9-7/h3,7H2,1-2H3. The highest BCUT2D eigenvalue weighted by molar-refractivity contribution is 7.94. The van der Waals surface area contributed by atoms with Gasteiger partial charge >= 0.3 is 0 Å². The number of hydrogen-bond acceptors (Lipinski definition) is 3. The third kappa shape index (κ3) is 6.01. The molecule has 9 heavy (non-hydrogen) atoms. The summed E-state index contributed by atoms with van der Waals surface area (Å²) in [6, 6.07) is 0. The van der Waals surface area contributed by atoms with Gasteiger partial charge in [-0.25, -0.2) is 13.1 Å². The van der Waals surface area contributed by atoms with Crippen LogP contribution in [0.2, 0.25) is 0 Å². The van der Waals surface area contributed by atoms with Crippen molar-refractivity contribution >= 4 is 12.1 Å². The molecule has 0 bridgehead atoms. The Bertz CT molecular complexity index is 83.1. The Morgan fingerprint density at radius 1 is 1.67 bits per heavy atom. The first-order valence-electron chi connectivity index (χ1n) is 2.41. The quantitative estimate of drug-likeness (QED) is 0.620. The maximum absolute atomic E-state index is 12.0. The minimum atomic E-state index is -2.65. The van der Waals surface area contributed by atoms with Crippen LogP contribution in [0.25, 0.3) is 0 Å². The first kappa shape index (κ1) is 9.13. The van der Waals surface area contributed by atoms with Gasteiger partial charge in [-0.2, -0.15) is 0 Å². The van der Waals surface area contributed by atoms with E-state index < -0.39 is 5.92 Å². The minimum absolute atomic E-state index is 0.311. The summed E-state index contributed by atoms with van der Waals surface area (Å²) in [4.78, 5) is 0. The van der Waals surface area contributed by atoms with E-state index in [2.05, 4.69) is 0 Å². The van der Waals surface area contributed by atoms with Gasteiger partial charge in [0, 0.05) is 19.1 Å². The summed E-state index contributed by atoms with van der Waals surface area (Å²) in [7, 11) is 1.52. The summed E-state index contributed by atoms with van der Waals surface area (Å²) in [6.45, 7) is 0.549. The lowest BCUT2D eigenvalue weighted by atomic mass is 10.4. The normalized spacial score (nSPS) is 12.7. The highest BCUT2D eigenvalue weighted by Gasteiger charge is 2.22. The molecule has 56 valence electrons. The molecule has 0 aromatic heterocycles. The summed E-state index contributed by atoms with van der Waals surface area (Å²) in [6.07, 6.45) is 0. The van der Waals surface area contributed by atoms with Crippen molar-refractivity contribution in [1.29, 1.82) is 0 Å². The SMILES string of the molecule is CN(CC(C)(F)F)SN. The first-order valence-corrected chi connectivity index (χ1v) is 3.25. The van der Waals surface area contributed by atoms with Crippen molar-refractivity contribution in [2.45, 2.75) is 12.8 Å². The van der Waals surface area contributed by atoms with Crippen molar-refractivity contribution in [3.63, 3.8) is 0 Å². The fraction of sp³-hybridized carbons (Fsp3) is 1.00. The molecule has 0 saturated heterocycles. The molecule has 0 aromatic carbocycles. The second-order valence-electron chi connectivity index (χ2n) is 1.96. The Balaban J connectivity index is 3.47. The van der Waals surface area contributed by atoms with Gasteiger partial charge in [0.2, 0.25) is 0 Å². The molecule has 0 saturated carbocycles. The van der Waals surface area contributed by atoms with E-state index in [1.54, 1.807) is 0 Å². The van der Waals surface area contributed by atoms with Gasteiger partial charge in [0.05, 0.1) is 6.54 Å². The van der Waals surface area contributed by atoms with E-state index in [-0.39, 0.29) is 6.54 Å². The Hall–Kier alpha value is 0.130. The lowest BCUT2D eigenvalue weighted by molar-refractivity contribution is 0.0101. The van der Waals surface area contributed by atoms with Crippen molar-refractivity contribution in [3.8, 4) is 0 Å². The van der Waals surface area contributed by atoms with Crippen LogP contribution < -0.4 is 5.14 Å². The fourth-order valence-electron chi connectivity index (χ4n) is 0.428. The number of nitrogens with zero attached hydrogens (tertiary/aromatic N) is 1. The molecule has 0 rings (SSSR count). The molecule has 0 radical (unpaired) electrons. The zero-order valence-corrected chi connectivity index (χ0v) is 6.21. The maximum Gasteiger partial charge on any atom is 0.258 e. The van der Waals surface area contributed by atoms with E-state index in [1.165, 1.54) is 11.4 Å². The van der Waals surface area contributed by atoms with Crippen LogP contribution in [0.5, 0.6) is 0 Å². The molecular weight excluding hydrogens is 146 g/mol. The zero-order chi connectivity index (χ0) is 7.49. The smallest absolute Gasteiger partial charge is 0.258 e. The fourth-order valence-corrected chi connectivity index (χ4v) is 0.729. The monoisotopic (exact) mass is 156 g/mol. The van der Waals surface area contributed by atoms with Crippen LogP contribution in [-0.2, 0) is 0 Å². The molecule has 2 nitrogen and oxygen atoms in total. The van der Waals surface area contributed by atoms with Gasteiger partial charge in [-0.3, -0.25) is 5.14 Å². The molecule has 0 aliphatic carbocycles. The van der Waals surface area contributed by atoms with E-state index in [4.69, 9.17) is 5.14 Å². The van der Waals surface area contributed by atoms with E-state index in [0.29, 0.717) is 0 Å². The van der Waals surface area contributed by atoms with Crippen molar-refractivity contribution in [2.24, 2.45) is 5.14 Å². The lowest BCUT2D eigenvalue weighted by Crippen LogP contribution is -2.28. The number of rotatable bonds is 3. The third-order valence-electron chi connectivity index (χ3n) is 0.680. The Labute approximate surface area is 57.7 Å². The van der Waals surface area contributed by atoms with Crippen molar-refractivity contribution < 1.29 is 8.78 Å². The zero-order valence-electron chi connectivity index (χ0n) is 5.40. The van der Waals surface area contributed by atoms with Crippen molar-refractivity contribution in [3.05, 3.63) is 0 Å². The molecule has 0 amide bonds. The van der Waals surface area contributed by atoms with Gasteiger partial charge in [-0.15, -0.1) is 0 Å².